The molecule has 0 aliphatic carbocycles. The number of benzene rings is 5. The Kier molecular flexibility index (Phi) is 11.8. The number of anilines is 1. The molecule has 1 aliphatic rings. The van der Waals surface area contributed by atoms with E-state index in [4.69, 9.17) is 29.0 Å². The van der Waals surface area contributed by atoms with Crippen LogP contribution in [0.15, 0.2) is 170 Å². The number of fused-ring (bicyclic) bond motifs is 1. The van der Waals surface area contributed by atoms with Crippen molar-refractivity contribution in [2.75, 3.05) is 11.6 Å². The fourth-order valence-corrected chi connectivity index (χ4v) is 13.0. The van der Waals surface area contributed by atoms with Crippen molar-refractivity contribution in [1.29, 1.82) is 5.26 Å². The van der Waals surface area contributed by atoms with Crippen molar-refractivity contribution in [3.8, 4) is 6.07 Å². The van der Waals surface area contributed by atoms with Gasteiger partial charge in [0.2, 0.25) is 13.8 Å². The first-order chi connectivity index (χ1) is 28.8. The van der Waals surface area contributed by atoms with Gasteiger partial charge in [0, 0.05) is 0 Å². The summed E-state index contributed by atoms with van der Waals surface area (Å²) in [5.41, 5.74) is 2.57. The van der Waals surface area contributed by atoms with Crippen LogP contribution in [0.3, 0.4) is 0 Å². The highest BCUT2D eigenvalue weighted by molar-refractivity contribution is 7.06. The molecule has 3 heterocycles. The van der Waals surface area contributed by atoms with E-state index in [1.165, 1.54) is 10.4 Å². The highest BCUT2D eigenvalue weighted by Crippen LogP contribution is 2.45. The zero-order valence-corrected chi connectivity index (χ0v) is 34.6. The van der Waals surface area contributed by atoms with Crippen LogP contribution in [0.5, 0.6) is 0 Å². The first-order valence-electron chi connectivity index (χ1n) is 20.1. The summed E-state index contributed by atoms with van der Waals surface area (Å²) in [7, 11) is -2.84. The number of ether oxygens (including phenoxy) is 4. The number of hydrogen-bond acceptors (Lipinski definition) is 8. The van der Waals surface area contributed by atoms with E-state index in [1.54, 1.807) is 10.8 Å². The monoisotopic (exact) mass is 799 g/mol. The molecule has 8 rings (SSSR count). The Hall–Kier alpha value is -5.93. The first kappa shape index (κ1) is 39.9. The predicted octanol–water partition coefficient (Wildman–Crippen LogP) is 8.21. The molecule has 0 amide bonds. The summed E-state index contributed by atoms with van der Waals surface area (Å²) < 4.78 is 28.7. The van der Waals surface area contributed by atoms with Crippen molar-refractivity contribution in [3.63, 3.8) is 0 Å². The molecule has 10 heteroatoms. The molecule has 5 aromatic carbocycles. The summed E-state index contributed by atoms with van der Waals surface area (Å²) >= 11 is 0. The quantitative estimate of drug-likeness (QED) is 0.104. The maximum absolute atomic E-state index is 11.5. The number of nitrogens with zero attached hydrogens (tertiary/aromatic N) is 4. The van der Waals surface area contributed by atoms with E-state index >= 15 is 0 Å². The van der Waals surface area contributed by atoms with Crippen LogP contribution < -0.4 is 15.4 Å². The lowest BCUT2D eigenvalue weighted by molar-refractivity contribution is -0.0971. The molecular formula is C49H49N5O4Si. The fourth-order valence-electron chi connectivity index (χ4n) is 8.31. The molecule has 0 radical (unpaired) electrons. The van der Waals surface area contributed by atoms with Crippen molar-refractivity contribution >= 4 is 29.9 Å². The maximum atomic E-state index is 11.5. The molecule has 4 atom stereocenters. The molecule has 2 aromatic heterocycles. The second-order valence-electron chi connectivity index (χ2n) is 16.0. The van der Waals surface area contributed by atoms with Crippen LogP contribution in [0.4, 0.5) is 5.82 Å². The zero-order chi connectivity index (χ0) is 40.7. The van der Waals surface area contributed by atoms with Gasteiger partial charge in [-0.05, 0) is 44.2 Å². The minimum absolute atomic E-state index is 0.169. The first-order valence-corrected chi connectivity index (χ1v) is 22.1. The normalized spacial score (nSPS) is 19.4. The van der Waals surface area contributed by atoms with Crippen LogP contribution in [0, 0.1) is 11.3 Å². The van der Waals surface area contributed by atoms with Gasteiger partial charge in [0.25, 0.3) is 0 Å². The molecule has 59 heavy (non-hydrogen) atoms. The standard InChI is InChI=1S/C49H49N5O4Si/c1-48(2,3)59(40-25-15-7-16-26-40,41-27-17-8-18-28-41)53-47-42-29-30-44(54(42)52-36-51-47)49(35-50)46(57-33-39-23-13-6-14-24-39)45(56-32-38-21-11-5-12-22-38)43(58-49)34-55-31-37-19-9-4-10-20-37/h4-30,36,43,45-46H,31-34H2,1-3H3,(H,51,52,53)/t43-,45-,46-,49?/m1/s1. The summed E-state index contributed by atoms with van der Waals surface area (Å²) in [6, 6.07) is 57.7. The molecule has 7 aromatic rings. The third-order valence-electron chi connectivity index (χ3n) is 11.2. The van der Waals surface area contributed by atoms with Gasteiger partial charge in [0.05, 0.1) is 32.1 Å². The molecule has 9 nitrogen and oxygen atoms in total. The van der Waals surface area contributed by atoms with Crippen LogP contribution in [0.1, 0.15) is 43.2 Å². The number of nitrogens with one attached hydrogen (secondary N) is 1. The van der Waals surface area contributed by atoms with Gasteiger partial charge in [-0.25, -0.2) is 9.50 Å². The Morgan fingerprint density at radius 1 is 0.695 bits per heavy atom. The molecule has 1 N–H and O–H groups in total. The lowest BCUT2D eigenvalue weighted by Crippen LogP contribution is -2.70. The molecule has 298 valence electrons. The summed E-state index contributed by atoms with van der Waals surface area (Å²) in [4.78, 5) is 8.96. The Morgan fingerprint density at radius 2 is 1.20 bits per heavy atom. The molecule has 0 bridgehead atoms. The van der Waals surface area contributed by atoms with Gasteiger partial charge < -0.3 is 23.9 Å². The number of rotatable bonds is 15. The predicted molar refractivity (Wildman–Crippen MR) is 233 cm³/mol. The van der Waals surface area contributed by atoms with Gasteiger partial charge in [-0.3, -0.25) is 0 Å². The van der Waals surface area contributed by atoms with Crippen LogP contribution in [-0.2, 0) is 44.4 Å². The Balaban J connectivity index is 1.22. The smallest absolute Gasteiger partial charge is 0.225 e. The van der Waals surface area contributed by atoms with Crippen molar-refractivity contribution in [2.45, 2.75) is 69.5 Å². The largest absolute Gasteiger partial charge is 0.386 e. The molecule has 0 saturated carbocycles. The van der Waals surface area contributed by atoms with E-state index in [2.05, 4.69) is 92.5 Å². The van der Waals surface area contributed by atoms with E-state index in [0.717, 1.165) is 16.7 Å². The number of nitriles is 1. The molecule has 1 unspecified atom stereocenters. The number of hydrogen-bond donors (Lipinski definition) is 1. The topological polar surface area (TPSA) is 103 Å². The highest BCUT2D eigenvalue weighted by atomic mass is 28.3. The molecule has 1 aliphatic heterocycles. The van der Waals surface area contributed by atoms with Gasteiger partial charge in [0.15, 0.2) is 0 Å². The second-order valence-corrected chi connectivity index (χ2v) is 20.4. The van der Waals surface area contributed by atoms with Crippen molar-refractivity contribution in [3.05, 3.63) is 193 Å². The summed E-state index contributed by atoms with van der Waals surface area (Å²) in [6.45, 7) is 7.93. The fraction of sp³-hybridized carbons (Fsp3) is 0.245. The highest BCUT2D eigenvalue weighted by Gasteiger charge is 2.60. The SMILES string of the molecule is CC(C)(C)[Si](Nc1ncnn2c(C3(C#N)O[C@H](COCc4ccccc4)[C@@H](OCc4ccccc4)[C@H]3OCc3ccccc3)ccc12)(c1ccccc1)c1ccccc1. The Morgan fingerprint density at radius 3 is 1.73 bits per heavy atom. The summed E-state index contributed by atoms with van der Waals surface area (Å²) in [5, 5.41) is 18.5. The minimum atomic E-state index is -2.84. The molecule has 0 spiro atoms. The molecular weight excluding hydrogens is 751 g/mol. The average molecular weight is 800 g/mol. The van der Waals surface area contributed by atoms with E-state index in [9.17, 15) is 5.26 Å². The maximum Gasteiger partial charge on any atom is 0.225 e. The van der Waals surface area contributed by atoms with Gasteiger partial charge >= 0.3 is 0 Å². The number of aromatic nitrogens is 3. The lowest BCUT2D eigenvalue weighted by atomic mass is 9.92. The van der Waals surface area contributed by atoms with Crippen LogP contribution in [0.2, 0.25) is 5.04 Å². The van der Waals surface area contributed by atoms with Crippen molar-refractivity contribution in [2.24, 2.45) is 0 Å². The van der Waals surface area contributed by atoms with Crippen LogP contribution in [-0.4, -0.2) is 47.8 Å². The Bertz CT molecular complexity index is 2420. The van der Waals surface area contributed by atoms with Crippen LogP contribution >= 0.6 is 0 Å². The van der Waals surface area contributed by atoms with Crippen molar-refractivity contribution in [1.82, 2.24) is 14.6 Å². The lowest BCUT2D eigenvalue weighted by Gasteiger charge is -2.44. The average Bonchev–Trinajstić information content (AvgIpc) is 3.85. The van der Waals surface area contributed by atoms with Crippen molar-refractivity contribution < 1.29 is 18.9 Å². The second kappa shape index (κ2) is 17.5. The zero-order valence-electron chi connectivity index (χ0n) is 33.6. The van der Waals surface area contributed by atoms with Gasteiger partial charge in [-0.1, -0.05) is 172 Å². The van der Waals surface area contributed by atoms with E-state index in [0.29, 0.717) is 30.2 Å². The van der Waals surface area contributed by atoms with Gasteiger partial charge in [-0.15, -0.1) is 0 Å². The molecule has 1 fully saturated rings. The minimum Gasteiger partial charge on any atom is -0.386 e. The van der Waals surface area contributed by atoms with E-state index < -0.39 is 32.1 Å². The Labute approximate surface area is 347 Å². The summed E-state index contributed by atoms with van der Waals surface area (Å²) in [6.07, 6.45) is -0.676. The van der Waals surface area contributed by atoms with Gasteiger partial charge in [-0.2, -0.15) is 10.4 Å². The summed E-state index contributed by atoms with van der Waals surface area (Å²) in [5.74, 6) is 0.660. The van der Waals surface area contributed by atoms with Crippen LogP contribution in [0.25, 0.3) is 5.52 Å². The van der Waals surface area contributed by atoms with Gasteiger partial charge in [0.1, 0.15) is 42.0 Å². The third kappa shape index (κ3) is 8.08. The third-order valence-corrected chi connectivity index (χ3v) is 16.5. The van der Waals surface area contributed by atoms with E-state index in [1.807, 2.05) is 103 Å². The molecule has 1 saturated heterocycles. The van der Waals surface area contributed by atoms with E-state index in [-0.39, 0.29) is 18.3 Å².